The van der Waals surface area contributed by atoms with Crippen LogP contribution in [0, 0.1) is 0 Å². The van der Waals surface area contributed by atoms with Crippen molar-refractivity contribution in [3.63, 3.8) is 0 Å². The minimum absolute atomic E-state index is 0.0751. The van der Waals surface area contributed by atoms with Crippen LogP contribution in [0.3, 0.4) is 0 Å². The predicted molar refractivity (Wildman–Crippen MR) is 187 cm³/mol. The summed E-state index contributed by atoms with van der Waals surface area (Å²) >= 11 is 0. The second kappa shape index (κ2) is 35.6. The third-order valence-corrected chi connectivity index (χ3v) is 7.91. The molecule has 0 aromatic rings. The number of rotatable bonds is 33. The zero-order valence-electron chi connectivity index (χ0n) is 28.9. The molecule has 0 radical (unpaired) electrons. The van der Waals surface area contributed by atoms with E-state index in [4.69, 9.17) is 9.47 Å². The number of esters is 2. The first kappa shape index (κ1) is 42.1. The molecule has 0 aromatic heterocycles. The van der Waals surface area contributed by atoms with Crippen molar-refractivity contribution in [1.82, 2.24) is 0 Å². The van der Waals surface area contributed by atoms with E-state index in [9.17, 15) is 14.7 Å². The highest BCUT2D eigenvalue weighted by Gasteiger charge is 2.16. The van der Waals surface area contributed by atoms with E-state index in [0.717, 1.165) is 64.2 Å². The molecule has 0 aliphatic carbocycles. The van der Waals surface area contributed by atoms with Gasteiger partial charge in [0.25, 0.3) is 0 Å². The molecule has 256 valence electrons. The molecule has 1 atom stereocenters. The molecule has 0 saturated heterocycles. The van der Waals surface area contributed by atoms with E-state index in [2.05, 4.69) is 50.3 Å². The van der Waals surface area contributed by atoms with Crippen LogP contribution in [0.15, 0.2) is 36.5 Å². The van der Waals surface area contributed by atoms with Crippen LogP contribution in [0.25, 0.3) is 0 Å². The molecule has 0 aromatic carbocycles. The molecule has 0 fully saturated rings. The molecule has 1 N–H and O–H groups in total. The maximum absolute atomic E-state index is 12.1. The summed E-state index contributed by atoms with van der Waals surface area (Å²) in [6.07, 6.45) is 41.9. The molecular weight excluding hydrogens is 548 g/mol. The molecule has 0 heterocycles. The topological polar surface area (TPSA) is 72.8 Å². The summed E-state index contributed by atoms with van der Waals surface area (Å²) < 4.78 is 10.6. The van der Waals surface area contributed by atoms with E-state index in [-0.39, 0.29) is 25.2 Å². The first-order valence-electron chi connectivity index (χ1n) is 18.5. The Morgan fingerprint density at radius 2 is 0.909 bits per heavy atom. The summed E-state index contributed by atoms with van der Waals surface area (Å²) in [5.41, 5.74) is 0. The average molecular weight is 619 g/mol. The van der Waals surface area contributed by atoms with Gasteiger partial charge in [-0.2, -0.15) is 0 Å². The monoisotopic (exact) mass is 619 g/mol. The summed E-state index contributed by atoms with van der Waals surface area (Å²) in [5, 5.41) is 9.53. The molecule has 0 saturated carbocycles. The Bertz CT molecular complexity index is 711. The number of carbonyl (C=O) groups excluding carboxylic acids is 2. The van der Waals surface area contributed by atoms with Gasteiger partial charge in [-0.05, 0) is 70.6 Å². The van der Waals surface area contributed by atoms with Crippen molar-refractivity contribution in [1.29, 1.82) is 0 Å². The number of carbonyl (C=O) groups is 2. The first-order chi connectivity index (χ1) is 21.6. The van der Waals surface area contributed by atoms with Crippen molar-refractivity contribution in [2.75, 3.05) is 13.2 Å². The summed E-state index contributed by atoms with van der Waals surface area (Å²) in [4.78, 5) is 24.2. The van der Waals surface area contributed by atoms with E-state index in [1.54, 1.807) is 0 Å². The van der Waals surface area contributed by atoms with Gasteiger partial charge in [-0.15, -0.1) is 0 Å². The van der Waals surface area contributed by atoms with Gasteiger partial charge in [-0.25, -0.2) is 0 Å². The van der Waals surface area contributed by atoms with Crippen LogP contribution < -0.4 is 0 Å². The lowest BCUT2D eigenvalue weighted by molar-refractivity contribution is -0.161. The normalized spacial score (nSPS) is 12.5. The van der Waals surface area contributed by atoms with Crippen LogP contribution in [0.2, 0.25) is 0 Å². The number of hydrogen-bond donors (Lipinski definition) is 1. The van der Waals surface area contributed by atoms with Gasteiger partial charge < -0.3 is 14.6 Å². The first-order valence-corrected chi connectivity index (χ1v) is 18.5. The van der Waals surface area contributed by atoms with Gasteiger partial charge in [-0.3, -0.25) is 9.59 Å². The predicted octanol–water partition coefficient (Wildman–Crippen LogP) is 11.3. The van der Waals surface area contributed by atoms with E-state index >= 15 is 0 Å². The van der Waals surface area contributed by atoms with E-state index in [0.29, 0.717) is 12.8 Å². The second-order valence-electron chi connectivity index (χ2n) is 12.3. The lowest BCUT2D eigenvalue weighted by Gasteiger charge is -2.15. The highest BCUT2D eigenvalue weighted by molar-refractivity contribution is 5.70. The molecule has 5 nitrogen and oxygen atoms in total. The van der Waals surface area contributed by atoms with Crippen LogP contribution in [0.5, 0.6) is 0 Å². The largest absolute Gasteiger partial charge is 0.462 e. The van der Waals surface area contributed by atoms with Crippen LogP contribution >= 0.6 is 0 Å². The minimum Gasteiger partial charge on any atom is -0.462 e. The summed E-state index contributed by atoms with van der Waals surface area (Å²) in [6, 6.07) is 0. The standard InChI is InChI=1S/C39H70O5/c1-3-5-7-9-11-13-15-17-19-21-23-25-27-29-31-33-38(41)43-36-37(35-40)44-39(42)34-32-30-28-26-24-22-20-18-16-14-12-10-8-6-4-2/h12,14,17-20,37,40H,3-11,13,15-16,21-36H2,1-2H3/b14-12-,19-17-,20-18-. The number of unbranched alkanes of at least 4 members (excludes halogenated alkanes) is 19. The lowest BCUT2D eigenvalue weighted by Crippen LogP contribution is -2.28. The highest BCUT2D eigenvalue weighted by Crippen LogP contribution is 2.12. The third-order valence-electron chi connectivity index (χ3n) is 7.91. The van der Waals surface area contributed by atoms with Crippen molar-refractivity contribution < 1.29 is 24.2 Å². The lowest BCUT2D eigenvalue weighted by atomic mass is 10.1. The maximum atomic E-state index is 12.1. The molecule has 0 amide bonds. The molecule has 0 aliphatic heterocycles. The fourth-order valence-corrected chi connectivity index (χ4v) is 5.05. The van der Waals surface area contributed by atoms with Crippen LogP contribution in [-0.2, 0) is 19.1 Å². The van der Waals surface area contributed by atoms with E-state index in [1.165, 1.54) is 89.9 Å². The summed E-state index contributed by atoms with van der Waals surface area (Å²) in [7, 11) is 0. The zero-order chi connectivity index (χ0) is 32.2. The SMILES string of the molecule is CCCCC/C=C\C/C=C\CCCCCCCC(=O)OC(CO)COC(=O)CCCCCCC/C=C\CCCCCCCC. The molecule has 0 spiro atoms. The van der Waals surface area contributed by atoms with Gasteiger partial charge in [0.1, 0.15) is 6.61 Å². The number of aliphatic hydroxyl groups excluding tert-OH is 1. The van der Waals surface area contributed by atoms with Crippen LogP contribution in [0.1, 0.15) is 181 Å². The smallest absolute Gasteiger partial charge is 0.306 e. The Morgan fingerprint density at radius 1 is 0.523 bits per heavy atom. The number of aliphatic hydroxyl groups is 1. The Balaban J connectivity index is 3.61. The molecule has 44 heavy (non-hydrogen) atoms. The molecule has 0 rings (SSSR count). The summed E-state index contributed by atoms with van der Waals surface area (Å²) in [6.45, 7) is 4.08. The number of hydrogen-bond acceptors (Lipinski definition) is 5. The highest BCUT2D eigenvalue weighted by atomic mass is 16.6. The van der Waals surface area contributed by atoms with E-state index < -0.39 is 6.10 Å². The Hall–Kier alpha value is -1.88. The van der Waals surface area contributed by atoms with Gasteiger partial charge in [0.15, 0.2) is 6.10 Å². The molecule has 0 bridgehead atoms. The van der Waals surface area contributed by atoms with Gasteiger partial charge in [0, 0.05) is 12.8 Å². The van der Waals surface area contributed by atoms with Gasteiger partial charge in [0.2, 0.25) is 0 Å². The molecule has 5 heteroatoms. The van der Waals surface area contributed by atoms with Gasteiger partial charge in [-0.1, -0.05) is 134 Å². The van der Waals surface area contributed by atoms with Crippen molar-refractivity contribution in [3.8, 4) is 0 Å². The minimum atomic E-state index is -0.779. The van der Waals surface area contributed by atoms with Crippen molar-refractivity contribution in [2.45, 2.75) is 187 Å². The van der Waals surface area contributed by atoms with Crippen LogP contribution in [0.4, 0.5) is 0 Å². The Kier molecular flexibility index (Phi) is 34.1. The molecule has 0 aliphatic rings. The maximum Gasteiger partial charge on any atom is 0.306 e. The fraction of sp³-hybridized carbons (Fsp3) is 0.795. The van der Waals surface area contributed by atoms with Gasteiger partial charge in [0.05, 0.1) is 6.61 Å². The van der Waals surface area contributed by atoms with Crippen LogP contribution in [-0.4, -0.2) is 36.4 Å². The van der Waals surface area contributed by atoms with Crippen molar-refractivity contribution >= 4 is 11.9 Å². The van der Waals surface area contributed by atoms with Crippen molar-refractivity contribution in [3.05, 3.63) is 36.5 Å². The average Bonchev–Trinajstić information content (AvgIpc) is 3.02. The second-order valence-corrected chi connectivity index (χ2v) is 12.3. The van der Waals surface area contributed by atoms with E-state index in [1.807, 2.05) is 0 Å². The fourth-order valence-electron chi connectivity index (χ4n) is 5.05. The third kappa shape index (κ3) is 33.0. The Morgan fingerprint density at radius 3 is 1.41 bits per heavy atom. The van der Waals surface area contributed by atoms with Gasteiger partial charge >= 0.3 is 11.9 Å². The number of ether oxygens (including phenoxy) is 2. The quantitative estimate of drug-likeness (QED) is 0.0450. The van der Waals surface area contributed by atoms with Crippen molar-refractivity contribution in [2.24, 2.45) is 0 Å². The molecule has 1 unspecified atom stereocenters. The Labute approximate surface area is 272 Å². The zero-order valence-corrected chi connectivity index (χ0v) is 28.9. The number of allylic oxidation sites excluding steroid dienone is 6. The molecular formula is C39H70O5. The summed E-state index contributed by atoms with van der Waals surface area (Å²) in [5.74, 6) is -0.617.